The highest BCUT2D eigenvalue weighted by atomic mass is 32.2. The predicted molar refractivity (Wildman–Crippen MR) is 68.6 cm³/mol. The molecular weight excluding hydrogens is 234 g/mol. The number of hydrogen-bond donors (Lipinski definition) is 0. The molecule has 1 aromatic rings. The van der Waals surface area contributed by atoms with E-state index in [0.717, 1.165) is 31.0 Å². The Morgan fingerprint density at radius 3 is 2.82 bits per heavy atom. The van der Waals surface area contributed by atoms with E-state index in [1.807, 2.05) is 37.0 Å². The van der Waals surface area contributed by atoms with Crippen molar-refractivity contribution in [1.29, 1.82) is 0 Å². The van der Waals surface area contributed by atoms with Gasteiger partial charge < -0.3 is 4.74 Å². The van der Waals surface area contributed by atoms with Crippen LogP contribution in [-0.2, 0) is 4.74 Å². The largest absolute Gasteiger partial charge is 0.381 e. The van der Waals surface area contributed by atoms with Crippen LogP contribution < -0.4 is 0 Å². The molecule has 0 unspecified atom stereocenters. The lowest BCUT2D eigenvalue weighted by molar-refractivity contribution is 0.0983. The number of Topliss-reactive ketones (excluding diaryl/α,β-unsaturated/α-hetero) is 1. The Morgan fingerprint density at radius 1 is 1.47 bits per heavy atom. The normalized spacial score (nSPS) is 17.0. The van der Waals surface area contributed by atoms with Crippen LogP contribution in [0.5, 0.6) is 0 Å². The van der Waals surface area contributed by atoms with Crippen LogP contribution in [0.1, 0.15) is 36.7 Å². The van der Waals surface area contributed by atoms with Gasteiger partial charge in [0.25, 0.3) is 0 Å². The van der Waals surface area contributed by atoms with Gasteiger partial charge in [-0.3, -0.25) is 9.78 Å². The molecule has 1 fully saturated rings. The van der Waals surface area contributed by atoms with Crippen LogP contribution in [0.15, 0.2) is 23.2 Å². The Balaban J connectivity index is 1.95. The van der Waals surface area contributed by atoms with Crippen LogP contribution in [0.3, 0.4) is 0 Å². The summed E-state index contributed by atoms with van der Waals surface area (Å²) in [4.78, 5) is 16.8. The van der Waals surface area contributed by atoms with Gasteiger partial charge in [-0.25, -0.2) is 0 Å². The molecule has 4 heteroatoms. The van der Waals surface area contributed by atoms with E-state index in [1.54, 1.807) is 0 Å². The summed E-state index contributed by atoms with van der Waals surface area (Å²) in [6.45, 7) is 3.57. The lowest BCUT2D eigenvalue weighted by Gasteiger charge is -2.21. The maximum atomic E-state index is 11.4. The lowest BCUT2D eigenvalue weighted by atomic mass is 10.2. The zero-order valence-electron chi connectivity index (χ0n) is 10.0. The molecule has 0 atom stereocenters. The molecule has 1 aromatic heterocycles. The fraction of sp³-hybridized carbons (Fsp3) is 0.538. The second kappa shape index (κ2) is 6.17. The van der Waals surface area contributed by atoms with Crippen LogP contribution in [-0.4, -0.2) is 29.2 Å². The van der Waals surface area contributed by atoms with Gasteiger partial charge in [-0.05, 0) is 25.0 Å². The highest BCUT2D eigenvalue weighted by molar-refractivity contribution is 8.00. The summed E-state index contributed by atoms with van der Waals surface area (Å²) in [5.41, 5.74) is 0.573. The van der Waals surface area contributed by atoms with Crippen molar-refractivity contribution in [3.8, 4) is 0 Å². The monoisotopic (exact) mass is 251 g/mol. The molecular formula is C13H17NO2S. The summed E-state index contributed by atoms with van der Waals surface area (Å²) in [6, 6.07) is 3.82. The Labute approximate surface area is 106 Å². The van der Waals surface area contributed by atoms with E-state index in [-0.39, 0.29) is 5.78 Å². The molecule has 1 saturated heterocycles. The molecule has 0 spiro atoms. The van der Waals surface area contributed by atoms with Gasteiger partial charge >= 0.3 is 0 Å². The standard InChI is InChI=1S/C13H17NO2S/c1-2-13(15)12-4-3-11(9-14-12)17-10-5-7-16-8-6-10/h3-4,9-10H,2,5-8H2,1H3. The molecule has 2 rings (SSSR count). The fourth-order valence-electron chi connectivity index (χ4n) is 1.78. The van der Waals surface area contributed by atoms with Gasteiger partial charge in [0, 0.05) is 36.0 Å². The number of rotatable bonds is 4. The van der Waals surface area contributed by atoms with Crippen molar-refractivity contribution in [3.63, 3.8) is 0 Å². The highest BCUT2D eigenvalue weighted by Crippen LogP contribution is 2.29. The van der Waals surface area contributed by atoms with Gasteiger partial charge in [0.15, 0.2) is 5.78 Å². The smallest absolute Gasteiger partial charge is 0.180 e. The van der Waals surface area contributed by atoms with Crippen molar-refractivity contribution in [3.05, 3.63) is 24.0 Å². The van der Waals surface area contributed by atoms with E-state index < -0.39 is 0 Å². The first-order valence-electron chi connectivity index (χ1n) is 6.03. The van der Waals surface area contributed by atoms with Gasteiger partial charge in [-0.1, -0.05) is 6.92 Å². The quantitative estimate of drug-likeness (QED) is 0.771. The number of thioether (sulfide) groups is 1. The van der Waals surface area contributed by atoms with Crippen molar-refractivity contribution >= 4 is 17.5 Å². The van der Waals surface area contributed by atoms with Crippen LogP contribution in [0, 0.1) is 0 Å². The third-order valence-corrected chi connectivity index (χ3v) is 4.13. The van der Waals surface area contributed by atoms with Gasteiger partial charge in [0.1, 0.15) is 5.69 Å². The topological polar surface area (TPSA) is 39.2 Å². The molecule has 0 amide bonds. The fourth-order valence-corrected chi connectivity index (χ4v) is 2.86. The first kappa shape index (κ1) is 12.6. The molecule has 0 radical (unpaired) electrons. The van der Waals surface area contributed by atoms with Crippen LogP contribution >= 0.6 is 11.8 Å². The van der Waals surface area contributed by atoms with E-state index >= 15 is 0 Å². The lowest BCUT2D eigenvalue weighted by Crippen LogP contribution is -2.17. The Bertz CT molecular complexity index is 372. The van der Waals surface area contributed by atoms with E-state index in [9.17, 15) is 4.79 Å². The number of carbonyl (C=O) groups excluding carboxylic acids is 1. The molecule has 3 nitrogen and oxygen atoms in total. The predicted octanol–water partition coefficient (Wildman–Crippen LogP) is 2.95. The number of carbonyl (C=O) groups is 1. The zero-order chi connectivity index (χ0) is 12.1. The Hall–Kier alpha value is -0.870. The highest BCUT2D eigenvalue weighted by Gasteiger charge is 2.15. The van der Waals surface area contributed by atoms with E-state index in [4.69, 9.17) is 4.74 Å². The number of pyridine rings is 1. The SMILES string of the molecule is CCC(=O)c1ccc(SC2CCOCC2)cn1. The van der Waals surface area contributed by atoms with Gasteiger partial charge in [-0.15, -0.1) is 11.8 Å². The average molecular weight is 251 g/mol. The summed E-state index contributed by atoms with van der Waals surface area (Å²) in [6.07, 6.45) is 4.52. The van der Waals surface area contributed by atoms with Crippen molar-refractivity contribution in [2.24, 2.45) is 0 Å². The molecule has 0 aromatic carbocycles. The molecule has 1 aliphatic rings. The van der Waals surface area contributed by atoms with Gasteiger partial charge in [-0.2, -0.15) is 0 Å². The van der Waals surface area contributed by atoms with Crippen molar-refractivity contribution in [2.45, 2.75) is 36.3 Å². The minimum absolute atomic E-state index is 0.104. The van der Waals surface area contributed by atoms with Crippen molar-refractivity contribution in [1.82, 2.24) is 4.98 Å². The minimum Gasteiger partial charge on any atom is -0.381 e. The Morgan fingerprint density at radius 2 is 2.24 bits per heavy atom. The number of ketones is 1. The van der Waals surface area contributed by atoms with Crippen molar-refractivity contribution < 1.29 is 9.53 Å². The Kier molecular flexibility index (Phi) is 4.57. The maximum absolute atomic E-state index is 11.4. The third kappa shape index (κ3) is 3.54. The molecule has 17 heavy (non-hydrogen) atoms. The first-order valence-corrected chi connectivity index (χ1v) is 6.91. The van der Waals surface area contributed by atoms with Crippen LogP contribution in [0.25, 0.3) is 0 Å². The maximum Gasteiger partial charge on any atom is 0.180 e. The van der Waals surface area contributed by atoms with Crippen LogP contribution in [0.4, 0.5) is 0 Å². The summed E-state index contributed by atoms with van der Waals surface area (Å²) in [5.74, 6) is 0.104. The molecule has 0 N–H and O–H groups in total. The summed E-state index contributed by atoms with van der Waals surface area (Å²) in [7, 11) is 0. The molecule has 1 aliphatic heterocycles. The molecule has 0 bridgehead atoms. The molecule has 92 valence electrons. The van der Waals surface area contributed by atoms with Gasteiger partial charge in [0.05, 0.1) is 0 Å². The molecule has 0 saturated carbocycles. The van der Waals surface area contributed by atoms with Crippen LogP contribution in [0.2, 0.25) is 0 Å². The molecule has 0 aliphatic carbocycles. The summed E-state index contributed by atoms with van der Waals surface area (Å²) < 4.78 is 5.33. The van der Waals surface area contributed by atoms with E-state index in [0.29, 0.717) is 17.4 Å². The number of hydrogen-bond acceptors (Lipinski definition) is 4. The number of nitrogens with zero attached hydrogens (tertiary/aromatic N) is 1. The van der Waals surface area contributed by atoms with E-state index in [1.165, 1.54) is 0 Å². The zero-order valence-corrected chi connectivity index (χ0v) is 10.8. The number of ether oxygens (including phenoxy) is 1. The average Bonchev–Trinajstić information content (AvgIpc) is 2.40. The van der Waals surface area contributed by atoms with Gasteiger partial charge in [0.2, 0.25) is 0 Å². The second-order valence-electron chi connectivity index (χ2n) is 4.09. The molecule has 2 heterocycles. The minimum atomic E-state index is 0.104. The summed E-state index contributed by atoms with van der Waals surface area (Å²) in [5, 5.41) is 0.623. The second-order valence-corrected chi connectivity index (χ2v) is 5.46. The van der Waals surface area contributed by atoms with E-state index in [2.05, 4.69) is 4.98 Å². The third-order valence-electron chi connectivity index (χ3n) is 2.81. The van der Waals surface area contributed by atoms with Crippen molar-refractivity contribution in [2.75, 3.05) is 13.2 Å². The first-order chi connectivity index (χ1) is 8.29. The summed E-state index contributed by atoms with van der Waals surface area (Å²) >= 11 is 1.84. The number of aromatic nitrogens is 1.